The Morgan fingerprint density at radius 3 is 2.48 bits per heavy atom. The van der Waals surface area contributed by atoms with Crippen molar-refractivity contribution in [2.45, 2.75) is 27.2 Å². The Hall–Kier alpha value is -2.87. The summed E-state index contributed by atoms with van der Waals surface area (Å²) in [6, 6.07) is 7.18. The van der Waals surface area contributed by atoms with Gasteiger partial charge >= 0.3 is 0 Å². The van der Waals surface area contributed by atoms with E-state index in [1.54, 1.807) is 17.0 Å². The van der Waals surface area contributed by atoms with Gasteiger partial charge in [-0.2, -0.15) is 0 Å². The smallest absolute Gasteiger partial charge is 0.291 e. The summed E-state index contributed by atoms with van der Waals surface area (Å²) in [4.78, 5) is 39.0. The van der Waals surface area contributed by atoms with Gasteiger partial charge in [0, 0.05) is 36.9 Å². The molecule has 0 saturated carbocycles. The molecule has 0 radical (unpaired) electrons. The van der Waals surface area contributed by atoms with Gasteiger partial charge in [0.1, 0.15) is 11.3 Å². The Balaban J connectivity index is 1.74. The van der Waals surface area contributed by atoms with Gasteiger partial charge in [-0.05, 0) is 12.1 Å². The lowest BCUT2D eigenvalue weighted by Gasteiger charge is -2.26. The normalized spacial score (nSPS) is 14.7. The van der Waals surface area contributed by atoms with Crippen LogP contribution in [0.3, 0.4) is 0 Å². The van der Waals surface area contributed by atoms with Gasteiger partial charge in [-0.15, -0.1) is 0 Å². The number of hydrogen-bond donors (Lipinski definition) is 2. The average Bonchev–Trinajstić information content (AvgIpc) is 3.05. The van der Waals surface area contributed by atoms with E-state index in [9.17, 15) is 14.4 Å². The van der Waals surface area contributed by atoms with Gasteiger partial charge in [-0.1, -0.05) is 32.9 Å². The van der Waals surface area contributed by atoms with E-state index in [2.05, 4.69) is 10.6 Å². The van der Waals surface area contributed by atoms with Crippen LogP contribution < -0.4 is 10.6 Å². The molecule has 0 aliphatic carbocycles. The molecule has 1 saturated heterocycles. The van der Waals surface area contributed by atoms with E-state index in [0.29, 0.717) is 43.0 Å². The number of fused-ring (bicyclic) bond motifs is 1. The second-order valence-corrected chi connectivity index (χ2v) is 8.01. The first-order valence-corrected chi connectivity index (χ1v) is 9.74. The van der Waals surface area contributed by atoms with E-state index >= 15 is 0 Å². The minimum Gasteiger partial charge on any atom is -0.449 e. The van der Waals surface area contributed by atoms with Crippen LogP contribution in [0.25, 0.3) is 11.0 Å². The zero-order valence-electron chi connectivity index (χ0n) is 17.0. The SMILES string of the molecule is CC(C)(C)C(=O)NCCC(=O)Nc1c(C(=O)N2CCOCC2)oc2ccccc12. The fourth-order valence-electron chi connectivity index (χ4n) is 2.99. The van der Waals surface area contributed by atoms with Crippen molar-refractivity contribution in [2.24, 2.45) is 5.41 Å². The van der Waals surface area contributed by atoms with Gasteiger partial charge < -0.3 is 24.7 Å². The quantitative estimate of drug-likeness (QED) is 0.801. The third-order valence-corrected chi connectivity index (χ3v) is 4.67. The van der Waals surface area contributed by atoms with Crippen molar-refractivity contribution in [3.63, 3.8) is 0 Å². The third kappa shape index (κ3) is 4.95. The van der Waals surface area contributed by atoms with Crippen LogP contribution >= 0.6 is 0 Å². The van der Waals surface area contributed by atoms with E-state index in [0.717, 1.165) is 0 Å². The number of carbonyl (C=O) groups is 3. The predicted molar refractivity (Wildman–Crippen MR) is 109 cm³/mol. The monoisotopic (exact) mass is 401 g/mol. The molecule has 2 heterocycles. The van der Waals surface area contributed by atoms with Crippen molar-refractivity contribution in [1.29, 1.82) is 0 Å². The predicted octanol–water partition coefficient (Wildman–Crippen LogP) is 2.40. The summed E-state index contributed by atoms with van der Waals surface area (Å²) in [6.07, 6.45) is 0.0898. The first-order chi connectivity index (χ1) is 13.8. The Bertz CT molecular complexity index is 907. The van der Waals surface area contributed by atoms with Crippen LogP contribution in [0.15, 0.2) is 28.7 Å². The summed E-state index contributed by atoms with van der Waals surface area (Å²) in [5.41, 5.74) is 0.374. The molecule has 3 amide bonds. The molecule has 8 heteroatoms. The van der Waals surface area contributed by atoms with Crippen molar-refractivity contribution in [1.82, 2.24) is 10.2 Å². The molecule has 29 heavy (non-hydrogen) atoms. The summed E-state index contributed by atoms with van der Waals surface area (Å²) in [5.74, 6) is -0.593. The topological polar surface area (TPSA) is 101 Å². The van der Waals surface area contributed by atoms with E-state index in [1.165, 1.54) is 0 Å². The van der Waals surface area contributed by atoms with Crippen LogP contribution in [-0.2, 0) is 14.3 Å². The first kappa shape index (κ1) is 20.9. The minimum absolute atomic E-state index is 0.0898. The maximum Gasteiger partial charge on any atom is 0.291 e. The van der Waals surface area contributed by atoms with Crippen molar-refractivity contribution in [3.05, 3.63) is 30.0 Å². The Kier molecular flexibility index (Phi) is 6.22. The number of anilines is 1. The van der Waals surface area contributed by atoms with Crippen molar-refractivity contribution < 1.29 is 23.5 Å². The Morgan fingerprint density at radius 1 is 1.10 bits per heavy atom. The molecule has 1 aliphatic heterocycles. The number of carbonyl (C=O) groups excluding carboxylic acids is 3. The zero-order chi connectivity index (χ0) is 21.0. The molecule has 2 N–H and O–H groups in total. The van der Waals surface area contributed by atoms with Gasteiger partial charge in [0.25, 0.3) is 5.91 Å². The molecular weight excluding hydrogens is 374 g/mol. The number of furan rings is 1. The Labute approximate surface area is 169 Å². The third-order valence-electron chi connectivity index (χ3n) is 4.67. The summed E-state index contributed by atoms with van der Waals surface area (Å²) < 4.78 is 11.1. The van der Waals surface area contributed by atoms with Gasteiger partial charge in [-0.25, -0.2) is 0 Å². The van der Waals surface area contributed by atoms with Crippen LogP contribution in [0.4, 0.5) is 5.69 Å². The van der Waals surface area contributed by atoms with Crippen molar-refractivity contribution in [2.75, 3.05) is 38.2 Å². The molecule has 0 bridgehead atoms. The maximum atomic E-state index is 13.0. The molecule has 1 fully saturated rings. The highest BCUT2D eigenvalue weighted by atomic mass is 16.5. The number of para-hydroxylation sites is 1. The standard InChI is InChI=1S/C21H27N3O5/c1-21(2,3)20(27)22-9-8-16(25)23-17-14-6-4-5-7-15(14)29-18(17)19(26)24-10-12-28-13-11-24/h4-7H,8-13H2,1-3H3,(H,22,27)(H,23,25). The fraction of sp³-hybridized carbons (Fsp3) is 0.476. The number of nitrogens with one attached hydrogen (secondary N) is 2. The van der Waals surface area contributed by atoms with E-state index in [4.69, 9.17) is 9.15 Å². The second kappa shape index (κ2) is 8.65. The molecule has 1 aromatic carbocycles. The molecule has 0 spiro atoms. The first-order valence-electron chi connectivity index (χ1n) is 9.74. The summed E-state index contributed by atoms with van der Waals surface area (Å²) in [6.45, 7) is 7.54. The molecular formula is C21H27N3O5. The number of hydrogen-bond acceptors (Lipinski definition) is 5. The highest BCUT2D eigenvalue weighted by molar-refractivity contribution is 6.10. The summed E-state index contributed by atoms with van der Waals surface area (Å²) >= 11 is 0. The fourth-order valence-corrected chi connectivity index (χ4v) is 2.99. The minimum atomic E-state index is -0.519. The van der Waals surface area contributed by atoms with E-state index in [1.807, 2.05) is 32.9 Å². The molecule has 8 nitrogen and oxygen atoms in total. The van der Waals surface area contributed by atoms with Gasteiger partial charge in [0.15, 0.2) is 0 Å². The number of rotatable bonds is 5. The largest absolute Gasteiger partial charge is 0.449 e. The van der Waals surface area contributed by atoms with Crippen LogP contribution in [0.1, 0.15) is 37.7 Å². The number of ether oxygens (including phenoxy) is 1. The molecule has 156 valence electrons. The van der Waals surface area contributed by atoms with Gasteiger partial charge in [0.2, 0.25) is 17.6 Å². The number of morpholine rings is 1. The summed E-state index contributed by atoms with van der Waals surface area (Å²) in [5, 5.41) is 6.21. The lowest BCUT2D eigenvalue weighted by atomic mass is 9.96. The molecule has 3 rings (SSSR count). The Morgan fingerprint density at radius 2 is 1.79 bits per heavy atom. The van der Waals surface area contributed by atoms with Gasteiger partial charge in [-0.3, -0.25) is 14.4 Å². The lowest BCUT2D eigenvalue weighted by Crippen LogP contribution is -2.40. The van der Waals surface area contributed by atoms with Crippen LogP contribution in [0.5, 0.6) is 0 Å². The second-order valence-electron chi connectivity index (χ2n) is 8.01. The summed E-state index contributed by atoms with van der Waals surface area (Å²) in [7, 11) is 0. The van der Waals surface area contributed by atoms with Crippen molar-refractivity contribution in [3.8, 4) is 0 Å². The molecule has 0 atom stereocenters. The van der Waals surface area contributed by atoms with Crippen LogP contribution in [0.2, 0.25) is 0 Å². The number of benzene rings is 1. The maximum absolute atomic E-state index is 13.0. The number of nitrogens with zero attached hydrogens (tertiary/aromatic N) is 1. The average molecular weight is 401 g/mol. The highest BCUT2D eigenvalue weighted by Gasteiger charge is 2.27. The molecule has 1 aliphatic rings. The van der Waals surface area contributed by atoms with Crippen molar-refractivity contribution >= 4 is 34.4 Å². The van der Waals surface area contributed by atoms with E-state index in [-0.39, 0.29) is 36.4 Å². The number of amides is 3. The van der Waals surface area contributed by atoms with Gasteiger partial charge in [0.05, 0.1) is 13.2 Å². The van der Waals surface area contributed by atoms with Crippen LogP contribution in [0, 0.1) is 5.41 Å². The molecule has 0 unspecified atom stereocenters. The zero-order valence-corrected chi connectivity index (χ0v) is 17.0. The van der Waals surface area contributed by atoms with Crippen LogP contribution in [-0.4, -0.2) is 55.5 Å². The highest BCUT2D eigenvalue weighted by Crippen LogP contribution is 2.32. The lowest BCUT2D eigenvalue weighted by molar-refractivity contribution is -0.128. The molecule has 2 aromatic rings. The molecule has 1 aromatic heterocycles. The van der Waals surface area contributed by atoms with E-state index < -0.39 is 5.41 Å².